The number of hydrogen-bond acceptors (Lipinski definition) is 2. The third kappa shape index (κ3) is 8.82. The lowest BCUT2D eigenvalue weighted by molar-refractivity contribution is -0.133. The van der Waals surface area contributed by atoms with Crippen LogP contribution in [0, 0.1) is 0 Å². The summed E-state index contributed by atoms with van der Waals surface area (Å²) >= 11 is 3.42. The van der Waals surface area contributed by atoms with E-state index in [9.17, 15) is 4.79 Å². The molecule has 0 spiro atoms. The van der Waals surface area contributed by atoms with E-state index in [4.69, 9.17) is 5.11 Å². The van der Waals surface area contributed by atoms with Gasteiger partial charge in [0.2, 0.25) is 0 Å². The van der Waals surface area contributed by atoms with Crippen LogP contribution in [0.4, 0.5) is 0 Å². The fourth-order valence-corrected chi connectivity index (χ4v) is 0. The molecule has 0 saturated carbocycles. The summed E-state index contributed by atoms with van der Waals surface area (Å²) in [4.78, 5) is 9.29. The monoisotopic (exact) mass is 220 g/mol. The lowest BCUT2D eigenvalue weighted by Crippen LogP contribution is -1.92. The van der Waals surface area contributed by atoms with Gasteiger partial charge < -0.3 is 5.11 Å². The minimum absolute atomic E-state index is 0. The summed E-state index contributed by atoms with van der Waals surface area (Å²) in [5, 5.41) is 7.65. The van der Waals surface area contributed by atoms with Crippen LogP contribution in [0.2, 0.25) is 0 Å². The summed E-state index contributed by atoms with van der Waals surface area (Å²) in [7, 11) is 0. The van der Waals surface area contributed by atoms with Gasteiger partial charge in [0, 0.05) is 0 Å². The molecule has 0 aromatic carbocycles. The average molecular weight is 220 g/mol. The van der Waals surface area contributed by atoms with Crippen LogP contribution < -0.4 is 0 Å². The molecule has 0 fully saturated rings. The Bertz CT molecular complexity index is 46.8. The summed E-state index contributed by atoms with van der Waals surface area (Å²) in [6.07, 6.45) is 0. The molecule has 0 radical (unpaired) electrons. The molecule has 0 atom stereocenters. The number of carbonyl (C=O) groups is 1. The second-order valence-electron chi connectivity index (χ2n) is 0.552. The highest BCUT2D eigenvalue weighted by atomic mass is 127. The first-order valence-corrected chi connectivity index (χ1v) is 1.73. The van der Waals surface area contributed by atoms with Gasteiger partial charge in [-0.1, -0.05) is 0 Å². The van der Waals surface area contributed by atoms with Crippen LogP contribution in [0.5, 0.6) is 0 Å². The molecular weight excluding hydrogens is 215 g/mol. The van der Waals surface area contributed by atoms with Gasteiger partial charge in [0.25, 0.3) is 0 Å². The SMILES string of the molecule is I.O=C(O)CS. The van der Waals surface area contributed by atoms with E-state index in [0.29, 0.717) is 0 Å². The van der Waals surface area contributed by atoms with Crippen LogP contribution in [-0.2, 0) is 4.79 Å². The smallest absolute Gasteiger partial charge is 0.313 e. The molecule has 0 aliphatic heterocycles. The Morgan fingerprint density at radius 3 is 2.00 bits per heavy atom. The van der Waals surface area contributed by atoms with Crippen LogP contribution >= 0.6 is 36.6 Å². The molecule has 0 amide bonds. The Morgan fingerprint density at radius 1 is 1.83 bits per heavy atom. The molecule has 0 aliphatic carbocycles. The standard InChI is InChI=1S/C2H4O2S.HI/c3-2(4)1-5;/h5H,1H2,(H,3,4);1H. The summed E-state index contributed by atoms with van der Waals surface area (Å²) in [6.45, 7) is 0. The number of thiol groups is 1. The van der Waals surface area contributed by atoms with Crippen molar-refractivity contribution in [2.45, 2.75) is 0 Å². The number of carboxylic acid groups (broad SMARTS) is 1. The fourth-order valence-electron chi connectivity index (χ4n) is 0. The van der Waals surface area contributed by atoms with Crippen molar-refractivity contribution in [1.82, 2.24) is 0 Å². The highest BCUT2D eigenvalue weighted by Crippen LogP contribution is 1.66. The van der Waals surface area contributed by atoms with Crippen molar-refractivity contribution in [2.75, 3.05) is 5.75 Å². The number of hydrogen-bond donors (Lipinski definition) is 2. The van der Waals surface area contributed by atoms with E-state index in [-0.39, 0.29) is 29.7 Å². The molecule has 4 heteroatoms. The Hall–Kier alpha value is 0.550. The molecular formula is C2H5IO2S. The molecule has 0 aliphatic rings. The maximum absolute atomic E-state index is 9.29. The van der Waals surface area contributed by atoms with Gasteiger partial charge in [-0.05, 0) is 0 Å². The average Bonchev–Trinajstić information content (AvgIpc) is 1.38. The second kappa shape index (κ2) is 5.55. The van der Waals surface area contributed by atoms with Gasteiger partial charge in [0.05, 0.1) is 5.75 Å². The second-order valence-corrected chi connectivity index (χ2v) is 0.868. The van der Waals surface area contributed by atoms with E-state index in [1.54, 1.807) is 0 Å². The molecule has 6 heavy (non-hydrogen) atoms. The molecule has 0 unspecified atom stereocenters. The van der Waals surface area contributed by atoms with Crippen molar-refractivity contribution in [2.24, 2.45) is 0 Å². The third-order valence-electron chi connectivity index (χ3n) is 0.135. The molecule has 38 valence electrons. The summed E-state index contributed by atoms with van der Waals surface area (Å²) in [5.41, 5.74) is 0. The predicted octanol–water partition coefficient (Wildman–Crippen LogP) is 0.619. The van der Waals surface area contributed by atoms with Gasteiger partial charge in [0.1, 0.15) is 0 Å². The molecule has 0 saturated heterocycles. The largest absolute Gasteiger partial charge is 0.481 e. The third-order valence-corrected chi connectivity index (χ3v) is 0.406. The maximum Gasteiger partial charge on any atom is 0.313 e. The van der Waals surface area contributed by atoms with Crippen molar-refractivity contribution in [3.63, 3.8) is 0 Å². The Labute approximate surface area is 58.4 Å². The molecule has 0 bridgehead atoms. The van der Waals surface area contributed by atoms with Gasteiger partial charge in [0.15, 0.2) is 0 Å². The lowest BCUT2D eigenvalue weighted by atomic mass is 10.8. The molecule has 0 aromatic heterocycles. The first kappa shape index (κ1) is 9.75. The van der Waals surface area contributed by atoms with Crippen molar-refractivity contribution in [1.29, 1.82) is 0 Å². The first-order valence-electron chi connectivity index (χ1n) is 1.10. The minimum atomic E-state index is -0.881. The van der Waals surface area contributed by atoms with Gasteiger partial charge in [-0.3, -0.25) is 4.79 Å². The number of halogens is 1. The van der Waals surface area contributed by atoms with E-state index >= 15 is 0 Å². The summed E-state index contributed by atoms with van der Waals surface area (Å²) < 4.78 is 0. The van der Waals surface area contributed by atoms with Gasteiger partial charge in [-0.2, -0.15) is 12.6 Å². The predicted molar refractivity (Wildman–Crippen MR) is 36.9 cm³/mol. The first-order chi connectivity index (χ1) is 2.27. The Morgan fingerprint density at radius 2 is 2.00 bits per heavy atom. The van der Waals surface area contributed by atoms with Crippen LogP contribution in [0.1, 0.15) is 0 Å². The van der Waals surface area contributed by atoms with Crippen molar-refractivity contribution in [3.8, 4) is 0 Å². The van der Waals surface area contributed by atoms with Crippen LogP contribution in [0.15, 0.2) is 0 Å². The normalized spacial score (nSPS) is 6.17. The lowest BCUT2D eigenvalue weighted by Gasteiger charge is -1.71. The maximum atomic E-state index is 9.29. The van der Waals surface area contributed by atoms with Crippen LogP contribution in [-0.4, -0.2) is 16.8 Å². The molecule has 0 heterocycles. The zero-order chi connectivity index (χ0) is 4.28. The Kier molecular flexibility index (Phi) is 9.01. The van der Waals surface area contributed by atoms with Gasteiger partial charge in [-0.15, -0.1) is 24.0 Å². The zero-order valence-electron chi connectivity index (χ0n) is 2.92. The van der Waals surface area contributed by atoms with Crippen LogP contribution in [0.25, 0.3) is 0 Å². The zero-order valence-corrected chi connectivity index (χ0v) is 6.14. The van der Waals surface area contributed by atoms with Crippen molar-refractivity contribution >= 4 is 42.6 Å². The van der Waals surface area contributed by atoms with Crippen molar-refractivity contribution < 1.29 is 9.90 Å². The Balaban J connectivity index is 0. The number of aliphatic carboxylic acids is 1. The topological polar surface area (TPSA) is 37.3 Å². The van der Waals surface area contributed by atoms with E-state index in [0.717, 1.165) is 0 Å². The molecule has 0 aromatic rings. The fraction of sp³-hybridized carbons (Fsp3) is 0.500. The minimum Gasteiger partial charge on any atom is -0.481 e. The molecule has 2 nitrogen and oxygen atoms in total. The number of rotatable bonds is 1. The van der Waals surface area contributed by atoms with Gasteiger partial charge in [-0.25, -0.2) is 0 Å². The highest BCUT2D eigenvalue weighted by Gasteiger charge is 1.81. The molecule has 1 N–H and O–H groups in total. The quantitative estimate of drug-likeness (QED) is 0.502. The molecule has 0 rings (SSSR count). The summed E-state index contributed by atoms with van der Waals surface area (Å²) in [6, 6.07) is 0. The van der Waals surface area contributed by atoms with Crippen LogP contribution in [0.3, 0.4) is 0 Å². The van der Waals surface area contributed by atoms with E-state index in [1.807, 2.05) is 0 Å². The van der Waals surface area contributed by atoms with Gasteiger partial charge >= 0.3 is 5.97 Å². The van der Waals surface area contributed by atoms with E-state index in [1.165, 1.54) is 0 Å². The number of carboxylic acids is 1. The summed E-state index contributed by atoms with van der Waals surface area (Å²) in [5.74, 6) is -0.965. The highest BCUT2D eigenvalue weighted by molar-refractivity contribution is 14.0. The van der Waals surface area contributed by atoms with E-state index < -0.39 is 5.97 Å². The van der Waals surface area contributed by atoms with E-state index in [2.05, 4.69) is 12.6 Å². The van der Waals surface area contributed by atoms with Crippen molar-refractivity contribution in [3.05, 3.63) is 0 Å².